The molecule has 0 amide bonds. The second kappa shape index (κ2) is 4.16. The van der Waals surface area contributed by atoms with Crippen molar-refractivity contribution in [2.75, 3.05) is 0 Å². The molecule has 0 aliphatic heterocycles. The van der Waals surface area contributed by atoms with Crippen LogP contribution >= 0.6 is 12.4 Å². The van der Waals surface area contributed by atoms with Crippen molar-refractivity contribution < 1.29 is 0 Å². The first-order valence-corrected chi connectivity index (χ1v) is 3.81. The fourth-order valence-corrected chi connectivity index (χ4v) is 1.11. The van der Waals surface area contributed by atoms with Gasteiger partial charge in [0, 0.05) is 11.6 Å². The van der Waals surface area contributed by atoms with Crippen molar-refractivity contribution in [2.45, 2.75) is 6.54 Å². The monoisotopic (exact) mass is 195 g/mol. The molecule has 4 heteroatoms. The van der Waals surface area contributed by atoms with Crippen LogP contribution in [0.15, 0.2) is 30.5 Å². The lowest BCUT2D eigenvalue weighted by Crippen LogP contribution is -2.02. The number of nitrogens with zero attached hydrogens (tertiary/aromatic N) is 2. The molecule has 0 saturated carbocycles. The van der Waals surface area contributed by atoms with Crippen LogP contribution in [0.4, 0.5) is 0 Å². The Bertz CT molecular complexity index is 403. The minimum Gasteiger partial charge on any atom is -0.324 e. The third-order valence-corrected chi connectivity index (χ3v) is 1.72. The molecule has 3 nitrogen and oxygen atoms in total. The van der Waals surface area contributed by atoms with E-state index in [1.54, 1.807) is 6.20 Å². The molecule has 0 aliphatic carbocycles. The molecule has 0 bridgehead atoms. The smallest absolute Gasteiger partial charge is 0.142 e. The average Bonchev–Trinajstić information content (AvgIpc) is 2.17. The predicted octanol–water partition coefficient (Wildman–Crippen LogP) is 1.51. The molecule has 13 heavy (non-hydrogen) atoms. The number of hydrogen-bond acceptors (Lipinski definition) is 3. The van der Waals surface area contributed by atoms with Crippen molar-refractivity contribution in [3.63, 3.8) is 0 Å². The van der Waals surface area contributed by atoms with Gasteiger partial charge in [-0.05, 0) is 6.07 Å². The van der Waals surface area contributed by atoms with Crippen LogP contribution in [0.2, 0.25) is 0 Å². The maximum atomic E-state index is 5.42. The largest absolute Gasteiger partial charge is 0.324 e. The number of rotatable bonds is 1. The van der Waals surface area contributed by atoms with Crippen molar-refractivity contribution in [3.05, 3.63) is 36.3 Å². The van der Waals surface area contributed by atoms with Crippen LogP contribution in [-0.4, -0.2) is 9.97 Å². The van der Waals surface area contributed by atoms with E-state index >= 15 is 0 Å². The van der Waals surface area contributed by atoms with E-state index < -0.39 is 0 Å². The number of aromatic nitrogens is 2. The molecular formula is C9H10ClN3. The molecule has 2 aromatic rings. The summed E-state index contributed by atoms with van der Waals surface area (Å²) in [7, 11) is 0. The number of nitrogens with two attached hydrogens (primary N) is 1. The van der Waals surface area contributed by atoms with Gasteiger partial charge in [-0.15, -0.1) is 12.4 Å². The highest BCUT2D eigenvalue weighted by atomic mass is 35.5. The van der Waals surface area contributed by atoms with Gasteiger partial charge in [-0.3, -0.25) is 0 Å². The Balaban J connectivity index is 0.000000845. The molecule has 0 aliphatic rings. The first-order valence-electron chi connectivity index (χ1n) is 3.81. The van der Waals surface area contributed by atoms with Crippen LogP contribution in [0.3, 0.4) is 0 Å². The Morgan fingerprint density at radius 2 is 2.00 bits per heavy atom. The summed E-state index contributed by atoms with van der Waals surface area (Å²) in [5, 5.41) is 1.05. The zero-order chi connectivity index (χ0) is 8.39. The van der Waals surface area contributed by atoms with Gasteiger partial charge in [-0.1, -0.05) is 18.2 Å². The van der Waals surface area contributed by atoms with Gasteiger partial charge in [0.15, 0.2) is 0 Å². The Morgan fingerprint density at radius 1 is 1.23 bits per heavy atom. The zero-order valence-corrected chi connectivity index (χ0v) is 7.79. The average molecular weight is 196 g/mol. The molecule has 1 aromatic carbocycles. The molecule has 0 unspecified atom stereocenters. The van der Waals surface area contributed by atoms with Crippen molar-refractivity contribution in [1.29, 1.82) is 0 Å². The summed E-state index contributed by atoms with van der Waals surface area (Å²) in [5.74, 6) is 0.689. The molecule has 0 atom stereocenters. The Morgan fingerprint density at radius 3 is 2.77 bits per heavy atom. The second-order valence-corrected chi connectivity index (χ2v) is 2.55. The third kappa shape index (κ3) is 1.94. The maximum absolute atomic E-state index is 5.42. The predicted molar refractivity (Wildman–Crippen MR) is 54.7 cm³/mol. The molecule has 2 rings (SSSR count). The van der Waals surface area contributed by atoms with E-state index in [0.29, 0.717) is 12.4 Å². The van der Waals surface area contributed by atoms with E-state index in [1.807, 2.05) is 24.3 Å². The quantitative estimate of drug-likeness (QED) is 0.751. The molecule has 0 saturated heterocycles. The number of para-hydroxylation sites is 1. The van der Waals surface area contributed by atoms with Crippen molar-refractivity contribution in [1.82, 2.24) is 9.97 Å². The molecule has 0 spiro atoms. The van der Waals surface area contributed by atoms with Gasteiger partial charge in [0.2, 0.25) is 0 Å². The van der Waals surface area contributed by atoms with E-state index in [2.05, 4.69) is 9.97 Å². The van der Waals surface area contributed by atoms with E-state index in [4.69, 9.17) is 5.73 Å². The summed E-state index contributed by atoms with van der Waals surface area (Å²) in [4.78, 5) is 8.35. The van der Waals surface area contributed by atoms with Gasteiger partial charge >= 0.3 is 0 Å². The highest BCUT2D eigenvalue weighted by Gasteiger charge is 1.95. The van der Waals surface area contributed by atoms with Crippen LogP contribution in [0.5, 0.6) is 0 Å². The fourth-order valence-electron chi connectivity index (χ4n) is 1.11. The summed E-state index contributed by atoms with van der Waals surface area (Å²) < 4.78 is 0. The van der Waals surface area contributed by atoms with Crippen LogP contribution in [-0.2, 0) is 6.54 Å². The van der Waals surface area contributed by atoms with Crippen molar-refractivity contribution in [3.8, 4) is 0 Å². The summed E-state index contributed by atoms with van der Waals surface area (Å²) in [6.07, 6.45) is 1.80. The van der Waals surface area contributed by atoms with Gasteiger partial charge < -0.3 is 5.73 Å². The standard InChI is InChI=1S/C9H9N3.ClH/c10-5-9-11-6-7-3-1-2-4-8(7)12-9;/h1-4,6H,5,10H2;1H. The SMILES string of the molecule is Cl.NCc1ncc2ccccc2n1. The Kier molecular flexibility index (Phi) is 3.17. The normalized spacial score (nSPS) is 9.62. The molecule has 0 fully saturated rings. The van der Waals surface area contributed by atoms with Gasteiger partial charge in [0.1, 0.15) is 5.82 Å². The Labute approximate surface area is 82.4 Å². The topological polar surface area (TPSA) is 51.8 Å². The minimum atomic E-state index is 0. The maximum Gasteiger partial charge on any atom is 0.142 e. The number of benzene rings is 1. The van der Waals surface area contributed by atoms with Crippen molar-refractivity contribution >= 4 is 23.3 Å². The van der Waals surface area contributed by atoms with Gasteiger partial charge in [-0.2, -0.15) is 0 Å². The molecular weight excluding hydrogens is 186 g/mol. The highest BCUT2D eigenvalue weighted by Crippen LogP contribution is 2.08. The number of halogens is 1. The summed E-state index contributed by atoms with van der Waals surface area (Å²) in [6.45, 7) is 0.394. The number of fused-ring (bicyclic) bond motifs is 1. The first kappa shape index (κ1) is 9.89. The lowest BCUT2D eigenvalue weighted by molar-refractivity contribution is 0.926. The van der Waals surface area contributed by atoms with Crippen LogP contribution < -0.4 is 5.73 Å². The minimum absolute atomic E-state index is 0. The third-order valence-electron chi connectivity index (χ3n) is 1.72. The lowest BCUT2D eigenvalue weighted by atomic mass is 10.2. The molecule has 68 valence electrons. The van der Waals surface area contributed by atoms with E-state index in [-0.39, 0.29) is 12.4 Å². The summed E-state index contributed by atoms with van der Waals surface area (Å²) >= 11 is 0. The molecule has 1 heterocycles. The fraction of sp³-hybridized carbons (Fsp3) is 0.111. The summed E-state index contributed by atoms with van der Waals surface area (Å²) in [5.41, 5.74) is 6.37. The zero-order valence-electron chi connectivity index (χ0n) is 6.97. The molecule has 2 N–H and O–H groups in total. The molecule has 0 radical (unpaired) electrons. The van der Waals surface area contributed by atoms with Crippen LogP contribution in [0.25, 0.3) is 10.9 Å². The van der Waals surface area contributed by atoms with Gasteiger partial charge in [0.05, 0.1) is 12.1 Å². The Hall–Kier alpha value is -1.19. The number of hydrogen-bond donors (Lipinski definition) is 1. The second-order valence-electron chi connectivity index (χ2n) is 2.55. The highest BCUT2D eigenvalue weighted by molar-refractivity contribution is 5.85. The van der Waals surface area contributed by atoms with Crippen LogP contribution in [0, 0.1) is 0 Å². The van der Waals surface area contributed by atoms with Crippen LogP contribution in [0.1, 0.15) is 5.82 Å². The first-order chi connectivity index (χ1) is 5.90. The molecule has 1 aromatic heterocycles. The summed E-state index contributed by atoms with van der Waals surface area (Å²) in [6, 6.07) is 7.86. The van der Waals surface area contributed by atoms with Crippen molar-refractivity contribution in [2.24, 2.45) is 5.73 Å². The lowest BCUT2D eigenvalue weighted by Gasteiger charge is -1.97. The van der Waals surface area contributed by atoms with E-state index in [0.717, 1.165) is 10.9 Å². The van der Waals surface area contributed by atoms with Gasteiger partial charge in [-0.25, -0.2) is 9.97 Å². The van der Waals surface area contributed by atoms with E-state index in [1.165, 1.54) is 0 Å². The van der Waals surface area contributed by atoms with E-state index in [9.17, 15) is 0 Å². The van der Waals surface area contributed by atoms with Gasteiger partial charge in [0.25, 0.3) is 0 Å².